The summed E-state index contributed by atoms with van der Waals surface area (Å²) >= 11 is 0. The summed E-state index contributed by atoms with van der Waals surface area (Å²) in [5.41, 5.74) is 12.0. The molecule has 0 radical (unpaired) electrons. The third kappa shape index (κ3) is 7.03. The van der Waals surface area contributed by atoms with E-state index >= 15 is 0 Å². The molecule has 2 aromatic carbocycles. The number of nitrogens with zero attached hydrogens (tertiary/aromatic N) is 6. The number of hydrogen-bond acceptors (Lipinski definition) is 4. The Kier molecular flexibility index (Phi) is 11.9. The lowest BCUT2D eigenvalue weighted by Crippen LogP contribution is -3.00. The molecule has 0 bridgehead atoms. The molecule has 0 spiro atoms. The number of rotatable bonds is 4. The van der Waals surface area contributed by atoms with E-state index in [1.807, 2.05) is 62.6 Å². The van der Waals surface area contributed by atoms with E-state index in [2.05, 4.69) is 29.1 Å². The van der Waals surface area contributed by atoms with Crippen LogP contribution < -0.4 is 37.2 Å². The minimum absolute atomic E-state index is 0. The number of pyridine rings is 4. The molecule has 6 nitrogen and oxygen atoms in total. The summed E-state index contributed by atoms with van der Waals surface area (Å²) in [4.78, 5) is 17.3. The zero-order valence-electron chi connectivity index (χ0n) is 26.3. The van der Waals surface area contributed by atoms with E-state index in [0.29, 0.717) is 0 Å². The Hall–Kier alpha value is -5.15. The SMILES string of the molecule is Cn1c(-c2ccncc2)c(-c2ccc(F)cc2)c2ncccc21.Cn1c(-c2ccncc2)c(-c2ccc(F)cc2)c2ncccc21.[Cl-].[Cl-].[Cl-]. The molecule has 0 saturated heterocycles. The molecule has 0 atom stereocenters. The second-order valence-electron chi connectivity index (χ2n) is 10.8. The van der Waals surface area contributed by atoms with Gasteiger partial charge in [-0.1, -0.05) is 24.3 Å². The van der Waals surface area contributed by atoms with Crippen molar-refractivity contribution in [3.05, 3.63) is 146 Å². The quantitative estimate of drug-likeness (QED) is 0.256. The minimum Gasteiger partial charge on any atom is -1.00 e. The van der Waals surface area contributed by atoms with Gasteiger partial charge in [0.25, 0.3) is 0 Å². The predicted molar refractivity (Wildman–Crippen MR) is 179 cm³/mol. The summed E-state index contributed by atoms with van der Waals surface area (Å²) in [5.74, 6) is -0.486. The lowest BCUT2D eigenvalue weighted by Gasteiger charge is -2.08. The molecule has 0 aliphatic rings. The molecule has 0 aliphatic carbocycles. The number of benzene rings is 2. The standard InChI is InChI=1S/2C19H14FN3.3ClH/c2*1-23-16-3-2-10-22-18(16)17(13-4-6-15(20)7-5-13)19(23)14-8-11-21-12-9-14;;;/h2*2-12H,1H3;3*1H/p-3. The molecule has 0 fully saturated rings. The predicted octanol–water partition coefficient (Wildman–Crippen LogP) is -0.105. The summed E-state index contributed by atoms with van der Waals surface area (Å²) < 4.78 is 30.9. The van der Waals surface area contributed by atoms with E-state index in [1.165, 1.54) is 24.3 Å². The molecule has 6 aromatic heterocycles. The van der Waals surface area contributed by atoms with Gasteiger partial charge in [-0.05, 0) is 83.9 Å². The molecule has 0 saturated carbocycles. The van der Waals surface area contributed by atoms with Crippen molar-refractivity contribution in [2.24, 2.45) is 14.1 Å². The molecule has 0 unspecified atom stereocenters. The number of aromatic nitrogens is 6. The normalized spacial score (nSPS) is 10.4. The third-order valence-electron chi connectivity index (χ3n) is 8.09. The van der Waals surface area contributed by atoms with E-state index in [9.17, 15) is 8.78 Å². The lowest BCUT2D eigenvalue weighted by molar-refractivity contribution is -0.001000. The molecule has 0 aliphatic heterocycles. The molecule has 11 heteroatoms. The highest BCUT2D eigenvalue weighted by Gasteiger charge is 2.20. The number of aryl methyl sites for hydroxylation is 2. The molecule has 8 rings (SSSR count). The van der Waals surface area contributed by atoms with Gasteiger partial charge < -0.3 is 46.4 Å². The van der Waals surface area contributed by atoms with Crippen molar-refractivity contribution in [2.75, 3.05) is 0 Å². The van der Waals surface area contributed by atoms with Gasteiger partial charge in [-0.2, -0.15) is 0 Å². The Balaban J connectivity index is 0.000000208. The Morgan fingerprint density at radius 3 is 1.12 bits per heavy atom. The Morgan fingerprint density at radius 2 is 0.776 bits per heavy atom. The zero-order chi connectivity index (χ0) is 31.6. The fourth-order valence-electron chi connectivity index (χ4n) is 6.00. The van der Waals surface area contributed by atoms with Crippen LogP contribution in [0.5, 0.6) is 0 Å². The molecule has 8 aromatic rings. The summed E-state index contributed by atoms with van der Waals surface area (Å²) in [5, 5.41) is 0. The maximum atomic E-state index is 13.3. The first kappa shape index (κ1) is 36.7. The van der Waals surface area contributed by atoms with Crippen molar-refractivity contribution in [3.63, 3.8) is 0 Å². The van der Waals surface area contributed by atoms with Crippen LogP contribution in [0.2, 0.25) is 0 Å². The van der Waals surface area contributed by atoms with Crippen LogP contribution in [0.1, 0.15) is 0 Å². The van der Waals surface area contributed by atoms with Crippen molar-refractivity contribution in [2.45, 2.75) is 0 Å². The van der Waals surface area contributed by atoms with Gasteiger partial charge >= 0.3 is 0 Å². The maximum absolute atomic E-state index is 13.3. The average molecular weight is 713 g/mol. The van der Waals surface area contributed by atoms with Gasteiger partial charge in [-0.15, -0.1) is 0 Å². The second-order valence-corrected chi connectivity index (χ2v) is 10.8. The van der Waals surface area contributed by atoms with Gasteiger partial charge in [-0.25, -0.2) is 8.78 Å². The fraction of sp³-hybridized carbons (Fsp3) is 0.0526. The van der Waals surface area contributed by atoms with Gasteiger partial charge in [0.05, 0.1) is 33.5 Å². The van der Waals surface area contributed by atoms with Crippen molar-refractivity contribution in [1.82, 2.24) is 29.1 Å². The first-order chi connectivity index (χ1) is 22.5. The molecule has 0 N–H and O–H groups in total. The van der Waals surface area contributed by atoms with Crippen LogP contribution in [0, 0.1) is 11.6 Å². The Morgan fingerprint density at radius 1 is 0.429 bits per heavy atom. The van der Waals surface area contributed by atoms with E-state index in [-0.39, 0.29) is 48.9 Å². The van der Waals surface area contributed by atoms with E-state index in [1.54, 1.807) is 61.4 Å². The van der Waals surface area contributed by atoms with Gasteiger partial charge in [0.2, 0.25) is 0 Å². The van der Waals surface area contributed by atoms with E-state index in [4.69, 9.17) is 0 Å². The summed E-state index contributed by atoms with van der Waals surface area (Å²) in [6.45, 7) is 0. The number of hydrogen-bond donors (Lipinski definition) is 0. The van der Waals surface area contributed by atoms with Crippen LogP contribution in [-0.4, -0.2) is 29.1 Å². The summed E-state index contributed by atoms with van der Waals surface area (Å²) in [7, 11) is 4.04. The maximum Gasteiger partial charge on any atom is 0.123 e. The first-order valence-electron chi connectivity index (χ1n) is 14.7. The lowest BCUT2D eigenvalue weighted by atomic mass is 10.0. The first-order valence-corrected chi connectivity index (χ1v) is 14.7. The van der Waals surface area contributed by atoms with Gasteiger partial charge in [0.1, 0.15) is 11.6 Å². The Labute approximate surface area is 300 Å². The van der Waals surface area contributed by atoms with Crippen LogP contribution in [0.4, 0.5) is 8.78 Å². The van der Waals surface area contributed by atoms with Crippen LogP contribution in [-0.2, 0) is 14.1 Å². The largest absolute Gasteiger partial charge is 1.00 e. The Bertz CT molecular complexity index is 2130. The number of halogens is 5. The van der Waals surface area contributed by atoms with Gasteiger partial charge in [-0.3, -0.25) is 19.9 Å². The highest BCUT2D eigenvalue weighted by atomic mass is 35.5. The minimum atomic E-state index is -0.243. The van der Waals surface area contributed by atoms with Gasteiger partial charge in [0, 0.05) is 73.5 Å². The van der Waals surface area contributed by atoms with Crippen molar-refractivity contribution in [1.29, 1.82) is 0 Å². The van der Waals surface area contributed by atoms with Crippen molar-refractivity contribution >= 4 is 22.1 Å². The number of fused-ring (bicyclic) bond motifs is 2. The third-order valence-corrected chi connectivity index (χ3v) is 8.09. The van der Waals surface area contributed by atoms with E-state index in [0.717, 1.165) is 66.8 Å². The average Bonchev–Trinajstić information content (AvgIpc) is 3.57. The summed E-state index contributed by atoms with van der Waals surface area (Å²) in [6.07, 6.45) is 10.7. The topological polar surface area (TPSA) is 61.4 Å². The smallest absolute Gasteiger partial charge is 0.123 e. The zero-order valence-corrected chi connectivity index (χ0v) is 28.5. The molecule has 49 heavy (non-hydrogen) atoms. The molecular weight excluding hydrogens is 685 g/mol. The molecular formula is C38H28Cl3F2N6-3. The highest BCUT2D eigenvalue weighted by molar-refractivity contribution is 6.03. The van der Waals surface area contributed by atoms with Crippen molar-refractivity contribution < 1.29 is 46.0 Å². The van der Waals surface area contributed by atoms with Crippen LogP contribution in [0.15, 0.2) is 134 Å². The van der Waals surface area contributed by atoms with Crippen LogP contribution >= 0.6 is 0 Å². The van der Waals surface area contributed by atoms with Gasteiger partial charge in [0.15, 0.2) is 0 Å². The van der Waals surface area contributed by atoms with Crippen molar-refractivity contribution in [3.8, 4) is 44.8 Å². The fourth-order valence-corrected chi connectivity index (χ4v) is 6.00. The molecule has 248 valence electrons. The highest BCUT2D eigenvalue weighted by Crippen LogP contribution is 2.40. The second kappa shape index (κ2) is 15.8. The monoisotopic (exact) mass is 711 g/mol. The van der Waals surface area contributed by atoms with E-state index < -0.39 is 0 Å². The summed E-state index contributed by atoms with van der Waals surface area (Å²) in [6, 6.07) is 28.9. The molecule has 0 amide bonds. The van der Waals surface area contributed by atoms with Crippen LogP contribution in [0.3, 0.4) is 0 Å². The van der Waals surface area contributed by atoms with Crippen LogP contribution in [0.25, 0.3) is 66.8 Å². The molecule has 6 heterocycles.